The molecule has 0 bridgehead atoms. The number of aromatic nitrogens is 1. The highest BCUT2D eigenvalue weighted by Gasteiger charge is 2.49. The summed E-state index contributed by atoms with van der Waals surface area (Å²) in [5.41, 5.74) is 6.22. The molecule has 158 valence electrons. The number of allylic oxidation sites excluding steroid dienone is 1. The van der Waals surface area contributed by atoms with Crippen LogP contribution in [0.15, 0.2) is 58.6 Å². The standard InChI is InChI=1S/C27H27BrN2O/c1-27-15-19-13-25(31)18(11-17-5-3-2-4-6-17)12-20(19)16-30(27)10-9-22-23-14-21(28)7-8-24(23)29-26(22)27/h2-8,11,14,19-20,29H,9-10,12-13,15-16H2,1H3/b18-11+/t19?,20?,27-/m0/s1. The highest BCUT2D eigenvalue weighted by molar-refractivity contribution is 9.10. The van der Waals surface area contributed by atoms with E-state index in [0.29, 0.717) is 24.0 Å². The molecule has 1 N–H and O–H groups in total. The van der Waals surface area contributed by atoms with Gasteiger partial charge in [0.1, 0.15) is 0 Å². The predicted molar refractivity (Wildman–Crippen MR) is 129 cm³/mol. The zero-order chi connectivity index (χ0) is 21.2. The maximum atomic E-state index is 13.0. The number of fused-ring (bicyclic) bond motifs is 6. The van der Waals surface area contributed by atoms with Crippen LogP contribution in [0.25, 0.3) is 17.0 Å². The fourth-order valence-electron chi connectivity index (χ4n) is 6.35. The van der Waals surface area contributed by atoms with Crippen LogP contribution in [0.1, 0.15) is 43.0 Å². The van der Waals surface area contributed by atoms with Crippen molar-refractivity contribution < 1.29 is 4.79 Å². The Bertz CT molecular complexity index is 1210. The Morgan fingerprint density at radius 1 is 1.13 bits per heavy atom. The molecule has 2 unspecified atom stereocenters. The number of halogens is 1. The van der Waals surface area contributed by atoms with E-state index >= 15 is 0 Å². The first-order chi connectivity index (χ1) is 15.0. The molecule has 3 nitrogen and oxygen atoms in total. The average molecular weight is 475 g/mol. The van der Waals surface area contributed by atoms with Crippen molar-refractivity contribution in [2.24, 2.45) is 11.8 Å². The zero-order valence-corrected chi connectivity index (χ0v) is 19.4. The molecule has 0 amide bonds. The van der Waals surface area contributed by atoms with Crippen LogP contribution in [0.2, 0.25) is 0 Å². The summed E-state index contributed by atoms with van der Waals surface area (Å²) in [6.45, 7) is 4.57. The minimum atomic E-state index is -0.0127. The molecule has 3 heterocycles. The number of benzene rings is 2. The lowest BCUT2D eigenvalue weighted by molar-refractivity contribution is -0.121. The third-order valence-electron chi connectivity index (χ3n) is 7.95. The van der Waals surface area contributed by atoms with Crippen molar-refractivity contribution in [1.29, 1.82) is 0 Å². The van der Waals surface area contributed by atoms with Crippen molar-refractivity contribution in [1.82, 2.24) is 9.88 Å². The number of aromatic amines is 1. The Morgan fingerprint density at radius 2 is 1.97 bits per heavy atom. The number of nitrogens with zero attached hydrogens (tertiary/aromatic N) is 1. The van der Waals surface area contributed by atoms with E-state index in [1.807, 2.05) is 18.2 Å². The summed E-state index contributed by atoms with van der Waals surface area (Å²) < 4.78 is 1.13. The van der Waals surface area contributed by atoms with Gasteiger partial charge in [-0.05, 0) is 79.0 Å². The summed E-state index contributed by atoms with van der Waals surface area (Å²) in [7, 11) is 0. The minimum absolute atomic E-state index is 0.0127. The molecule has 2 aromatic carbocycles. The molecule has 1 aromatic heterocycles. The molecule has 1 saturated carbocycles. The van der Waals surface area contributed by atoms with E-state index in [0.717, 1.165) is 48.0 Å². The zero-order valence-electron chi connectivity index (χ0n) is 17.8. The molecule has 3 atom stereocenters. The van der Waals surface area contributed by atoms with Gasteiger partial charge in [-0.25, -0.2) is 0 Å². The highest BCUT2D eigenvalue weighted by Crippen LogP contribution is 2.50. The van der Waals surface area contributed by atoms with Crippen LogP contribution in [-0.2, 0) is 16.8 Å². The summed E-state index contributed by atoms with van der Waals surface area (Å²) in [6, 6.07) is 16.8. The first kappa shape index (κ1) is 19.5. The van der Waals surface area contributed by atoms with Crippen LogP contribution in [0.3, 0.4) is 0 Å². The highest BCUT2D eigenvalue weighted by atomic mass is 79.9. The van der Waals surface area contributed by atoms with Gasteiger partial charge >= 0.3 is 0 Å². The molecular formula is C27H27BrN2O. The number of nitrogens with one attached hydrogen (secondary N) is 1. The van der Waals surface area contributed by atoms with Crippen LogP contribution < -0.4 is 0 Å². The number of carbonyl (C=O) groups excluding carboxylic acids is 1. The maximum absolute atomic E-state index is 13.0. The van der Waals surface area contributed by atoms with Gasteiger partial charge in [0.2, 0.25) is 0 Å². The van der Waals surface area contributed by atoms with E-state index in [1.165, 1.54) is 22.2 Å². The molecule has 2 aliphatic heterocycles. The Balaban J connectivity index is 1.33. The number of hydrogen-bond acceptors (Lipinski definition) is 2. The molecule has 2 fully saturated rings. The smallest absolute Gasteiger partial charge is 0.159 e. The Kier molecular flexibility index (Phi) is 4.52. The third kappa shape index (κ3) is 3.15. The van der Waals surface area contributed by atoms with Gasteiger partial charge in [-0.1, -0.05) is 46.3 Å². The lowest BCUT2D eigenvalue weighted by Gasteiger charge is -2.54. The van der Waals surface area contributed by atoms with Crippen LogP contribution in [-0.4, -0.2) is 28.8 Å². The number of H-pyrrole nitrogens is 1. The molecule has 1 saturated heterocycles. The third-order valence-corrected chi connectivity index (χ3v) is 8.44. The maximum Gasteiger partial charge on any atom is 0.159 e. The summed E-state index contributed by atoms with van der Waals surface area (Å²) in [5.74, 6) is 1.38. The molecule has 0 spiro atoms. The molecule has 4 heteroatoms. The van der Waals surface area contributed by atoms with Gasteiger partial charge in [0, 0.05) is 40.6 Å². The number of hydrogen-bond donors (Lipinski definition) is 1. The predicted octanol–water partition coefficient (Wildman–Crippen LogP) is 6.09. The second-order valence-electron chi connectivity index (χ2n) is 9.77. The molecule has 3 aliphatic rings. The molecule has 0 radical (unpaired) electrons. The first-order valence-corrected chi connectivity index (χ1v) is 12.1. The van der Waals surface area contributed by atoms with Crippen molar-refractivity contribution in [3.63, 3.8) is 0 Å². The Morgan fingerprint density at radius 3 is 2.81 bits per heavy atom. The lowest BCUT2D eigenvalue weighted by Crippen LogP contribution is -2.57. The average Bonchev–Trinajstić information content (AvgIpc) is 3.13. The van der Waals surface area contributed by atoms with Gasteiger partial charge in [0.15, 0.2) is 5.78 Å². The SMILES string of the molecule is C[C@@]12CC3CC(=O)/C(=C/c4ccccc4)CC3CN1CCc1c2[nH]c2ccc(Br)cc12. The van der Waals surface area contributed by atoms with Gasteiger partial charge in [0.25, 0.3) is 0 Å². The fraction of sp³-hybridized carbons (Fsp3) is 0.370. The van der Waals surface area contributed by atoms with E-state index < -0.39 is 0 Å². The van der Waals surface area contributed by atoms with Crippen molar-refractivity contribution in [3.05, 3.63) is 75.4 Å². The van der Waals surface area contributed by atoms with Gasteiger partial charge in [0.05, 0.1) is 5.54 Å². The van der Waals surface area contributed by atoms with Gasteiger partial charge in [-0.3, -0.25) is 9.69 Å². The number of rotatable bonds is 1. The van der Waals surface area contributed by atoms with Gasteiger partial charge in [-0.2, -0.15) is 0 Å². The van der Waals surface area contributed by atoms with Crippen molar-refractivity contribution in [3.8, 4) is 0 Å². The topological polar surface area (TPSA) is 36.1 Å². The van der Waals surface area contributed by atoms with Crippen molar-refractivity contribution in [2.45, 2.75) is 38.1 Å². The van der Waals surface area contributed by atoms with Crippen molar-refractivity contribution in [2.75, 3.05) is 13.1 Å². The summed E-state index contributed by atoms with van der Waals surface area (Å²) in [4.78, 5) is 19.5. The second-order valence-corrected chi connectivity index (χ2v) is 10.7. The molecule has 6 rings (SSSR count). The number of carbonyl (C=O) groups is 1. The first-order valence-electron chi connectivity index (χ1n) is 11.4. The number of Topliss-reactive ketones (excluding diaryl/α,β-unsaturated/α-hetero) is 1. The summed E-state index contributed by atoms with van der Waals surface area (Å²) >= 11 is 3.64. The summed E-state index contributed by atoms with van der Waals surface area (Å²) in [5, 5.41) is 1.35. The van der Waals surface area contributed by atoms with Crippen LogP contribution in [0.5, 0.6) is 0 Å². The van der Waals surface area contributed by atoms with Crippen LogP contribution in [0, 0.1) is 11.8 Å². The Labute approximate surface area is 191 Å². The molecule has 31 heavy (non-hydrogen) atoms. The number of piperidine rings is 1. The minimum Gasteiger partial charge on any atom is -0.357 e. The van der Waals surface area contributed by atoms with Crippen molar-refractivity contribution >= 4 is 38.7 Å². The van der Waals surface area contributed by atoms with E-state index in [-0.39, 0.29) is 5.54 Å². The van der Waals surface area contributed by atoms with Gasteiger partial charge in [-0.15, -0.1) is 0 Å². The Hall–Kier alpha value is -2.17. The van der Waals surface area contributed by atoms with E-state index in [9.17, 15) is 4.79 Å². The molecular weight excluding hydrogens is 448 g/mol. The molecule has 1 aliphatic carbocycles. The number of ketones is 1. The summed E-state index contributed by atoms with van der Waals surface area (Å²) in [6.07, 6.45) is 5.87. The van der Waals surface area contributed by atoms with E-state index in [1.54, 1.807) is 0 Å². The quantitative estimate of drug-likeness (QED) is 0.433. The largest absolute Gasteiger partial charge is 0.357 e. The lowest BCUT2D eigenvalue weighted by atomic mass is 9.65. The van der Waals surface area contributed by atoms with Crippen LogP contribution >= 0.6 is 15.9 Å². The normalized spacial score (nSPS) is 29.6. The van der Waals surface area contributed by atoms with E-state index in [4.69, 9.17) is 0 Å². The van der Waals surface area contributed by atoms with Gasteiger partial charge < -0.3 is 4.98 Å². The van der Waals surface area contributed by atoms with Crippen LogP contribution in [0.4, 0.5) is 0 Å². The molecule has 3 aromatic rings. The monoisotopic (exact) mass is 474 g/mol. The second kappa shape index (κ2) is 7.18. The fourth-order valence-corrected chi connectivity index (χ4v) is 6.71. The van der Waals surface area contributed by atoms with E-state index in [2.05, 4.69) is 69.1 Å².